The predicted octanol–water partition coefficient (Wildman–Crippen LogP) is 2.05. The van der Waals surface area contributed by atoms with Gasteiger partial charge in [-0.25, -0.2) is 0 Å². The van der Waals surface area contributed by atoms with Gasteiger partial charge in [0.2, 0.25) is 0 Å². The molecule has 0 spiro atoms. The smallest absolute Gasteiger partial charge is 0.119 e. The normalized spacial score (nSPS) is 13.0. The lowest BCUT2D eigenvalue weighted by molar-refractivity contribution is 0.0564. The Morgan fingerprint density at radius 2 is 2.05 bits per heavy atom. The number of ether oxygens (including phenoxy) is 2. The van der Waals surface area contributed by atoms with Gasteiger partial charge in [-0.05, 0) is 38.6 Å². The first-order valence-corrected chi connectivity index (χ1v) is 6.74. The molecule has 1 atom stereocenters. The van der Waals surface area contributed by atoms with Crippen LogP contribution in [0.1, 0.15) is 25.5 Å². The summed E-state index contributed by atoms with van der Waals surface area (Å²) in [4.78, 5) is 2.22. The molecule has 1 aromatic rings. The molecule has 0 saturated carbocycles. The third-order valence-electron chi connectivity index (χ3n) is 3.13. The van der Waals surface area contributed by atoms with E-state index in [0.29, 0.717) is 13.2 Å². The number of likely N-dealkylation sites (N-methyl/N-ethyl adjacent to an activating group) is 1. The molecular weight excluding hydrogens is 240 g/mol. The first-order valence-electron chi connectivity index (χ1n) is 6.74. The molecule has 4 nitrogen and oxygen atoms in total. The molecule has 0 heterocycles. The van der Waals surface area contributed by atoms with Crippen molar-refractivity contribution in [3.63, 3.8) is 0 Å². The van der Waals surface area contributed by atoms with Crippen molar-refractivity contribution < 1.29 is 9.47 Å². The minimum atomic E-state index is 0.186. The SMILES string of the molecule is COc1cccc(C(CN)N(C)CCOC(C)C)c1. The molecule has 1 aromatic carbocycles. The molecule has 1 rings (SSSR count). The highest BCUT2D eigenvalue weighted by atomic mass is 16.5. The molecule has 0 aliphatic rings. The molecule has 0 aromatic heterocycles. The van der Waals surface area contributed by atoms with Crippen LogP contribution in [-0.2, 0) is 4.74 Å². The van der Waals surface area contributed by atoms with Gasteiger partial charge < -0.3 is 15.2 Å². The summed E-state index contributed by atoms with van der Waals surface area (Å²) < 4.78 is 10.8. The fourth-order valence-corrected chi connectivity index (χ4v) is 2.01. The summed E-state index contributed by atoms with van der Waals surface area (Å²) in [5.41, 5.74) is 7.08. The maximum Gasteiger partial charge on any atom is 0.119 e. The summed E-state index contributed by atoms with van der Waals surface area (Å²) in [7, 11) is 3.75. The average Bonchev–Trinajstić information content (AvgIpc) is 2.39. The maximum absolute atomic E-state index is 5.91. The van der Waals surface area contributed by atoms with Crippen molar-refractivity contribution in [1.82, 2.24) is 4.90 Å². The largest absolute Gasteiger partial charge is 0.497 e. The Kier molecular flexibility index (Phi) is 6.84. The van der Waals surface area contributed by atoms with Gasteiger partial charge in [0.05, 0.1) is 19.8 Å². The molecular formula is C15H26N2O2. The molecule has 19 heavy (non-hydrogen) atoms. The summed E-state index contributed by atoms with van der Waals surface area (Å²) >= 11 is 0. The fourth-order valence-electron chi connectivity index (χ4n) is 2.01. The second-order valence-electron chi connectivity index (χ2n) is 4.93. The van der Waals surface area contributed by atoms with Crippen LogP contribution in [0.2, 0.25) is 0 Å². The summed E-state index contributed by atoms with van der Waals surface area (Å²) in [6, 6.07) is 8.25. The molecule has 4 heteroatoms. The summed E-state index contributed by atoms with van der Waals surface area (Å²) in [5.74, 6) is 0.864. The Bertz CT molecular complexity index is 369. The van der Waals surface area contributed by atoms with Crippen LogP contribution >= 0.6 is 0 Å². The molecule has 0 radical (unpaired) electrons. The molecule has 0 bridgehead atoms. The van der Waals surface area contributed by atoms with Gasteiger partial charge in [0.15, 0.2) is 0 Å². The molecule has 1 unspecified atom stereocenters. The second kappa shape index (κ2) is 8.15. The van der Waals surface area contributed by atoms with Crippen molar-refractivity contribution in [2.75, 3.05) is 33.9 Å². The second-order valence-corrected chi connectivity index (χ2v) is 4.93. The van der Waals surface area contributed by atoms with E-state index in [9.17, 15) is 0 Å². The zero-order valence-electron chi connectivity index (χ0n) is 12.4. The Balaban J connectivity index is 2.64. The monoisotopic (exact) mass is 266 g/mol. The van der Waals surface area contributed by atoms with E-state index in [0.717, 1.165) is 12.3 Å². The highest BCUT2D eigenvalue weighted by molar-refractivity contribution is 5.30. The van der Waals surface area contributed by atoms with Crippen molar-refractivity contribution in [2.24, 2.45) is 5.73 Å². The van der Waals surface area contributed by atoms with E-state index in [-0.39, 0.29) is 12.1 Å². The van der Waals surface area contributed by atoms with E-state index in [1.807, 2.05) is 32.0 Å². The van der Waals surface area contributed by atoms with Crippen molar-refractivity contribution >= 4 is 0 Å². The van der Waals surface area contributed by atoms with Crippen LogP contribution in [0.3, 0.4) is 0 Å². The van der Waals surface area contributed by atoms with Gasteiger partial charge in [-0.2, -0.15) is 0 Å². The number of methoxy groups -OCH3 is 1. The Morgan fingerprint density at radius 1 is 1.32 bits per heavy atom. The quantitative estimate of drug-likeness (QED) is 0.782. The lowest BCUT2D eigenvalue weighted by atomic mass is 10.1. The summed E-state index contributed by atoms with van der Waals surface area (Å²) in [5, 5.41) is 0. The van der Waals surface area contributed by atoms with E-state index in [1.54, 1.807) is 7.11 Å². The first-order chi connectivity index (χ1) is 9.08. The number of nitrogens with zero attached hydrogens (tertiary/aromatic N) is 1. The standard InChI is InChI=1S/C15H26N2O2/c1-12(2)19-9-8-17(3)15(11-16)13-6-5-7-14(10-13)18-4/h5-7,10,12,15H,8-9,11,16H2,1-4H3. The highest BCUT2D eigenvalue weighted by Gasteiger charge is 2.15. The number of rotatable bonds is 8. The van der Waals surface area contributed by atoms with Gasteiger partial charge in [-0.1, -0.05) is 12.1 Å². The highest BCUT2D eigenvalue weighted by Crippen LogP contribution is 2.22. The van der Waals surface area contributed by atoms with Gasteiger partial charge in [0, 0.05) is 19.1 Å². The van der Waals surface area contributed by atoms with Crippen LogP contribution in [0.15, 0.2) is 24.3 Å². The Labute approximate surface area is 116 Å². The number of hydrogen-bond donors (Lipinski definition) is 1. The van der Waals surface area contributed by atoms with Crippen molar-refractivity contribution in [1.29, 1.82) is 0 Å². The van der Waals surface area contributed by atoms with Crippen molar-refractivity contribution in [3.8, 4) is 5.75 Å². The Morgan fingerprint density at radius 3 is 2.63 bits per heavy atom. The maximum atomic E-state index is 5.91. The average molecular weight is 266 g/mol. The van der Waals surface area contributed by atoms with E-state index in [2.05, 4.69) is 18.0 Å². The van der Waals surface area contributed by atoms with Crippen LogP contribution in [0, 0.1) is 0 Å². The topological polar surface area (TPSA) is 47.7 Å². The van der Waals surface area contributed by atoms with E-state index >= 15 is 0 Å². The Hall–Kier alpha value is -1.10. The molecule has 0 saturated heterocycles. The lowest BCUT2D eigenvalue weighted by Crippen LogP contribution is -2.33. The van der Waals surface area contributed by atoms with E-state index in [4.69, 9.17) is 15.2 Å². The molecule has 2 N–H and O–H groups in total. The van der Waals surface area contributed by atoms with Crippen molar-refractivity contribution in [3.05, 3.63) is 29.8 Å². The zero-order chi connectivity index (χ0) is 14.3. The van der Waals surface area contributed by atoms with Gasteiger partial charge in [-0.3, -0.25) is 4.90 Å². The predicted molar refractivity (Wildman–Crippen MR) is 78.5 cm³/mol. The van der Waals surface area contributed by atoms with Gasteiger partial charge in [0.1, 0.15) is 5.75 Å². The van der Waals surface area contributed by atoms with E-state index < -0.39 is 0 Å². The minimum absolute atomic E-state index is 0.186. The first kappa shape index (κ1) is 16.0. The van der Waals surface area contributed by atoms with Crippen LogP contribution in [0.5, 0.6) is 5.75 Å². The molecule has 0 fully saturated rings. The van der Waals surface area contributed by atoms with Gasteiger partial charge in [0.25, 0.3) is 0 Å². The number of hydrogen-bond acceptors (Lipinski definition) is 4. The lowest BCUT2D eigenvalue weighted by Gasteiger charge is -2.27. The molecule has 108 valence electrons. The fraction of sp³-hybridized carbons (Fsp3) is 0.600. The minimum Gasteiger partial charge on any atom is -0.497 e. The molecule has 0 amide bonds. The van der Waals surface area contributed by atoms with Crippen LogP contribution < -0.4 is 10.5 Å². The zero-order valence-corrected chi connectivity index (χ0v) is 12.4. The molecule has 0 aliphatic heterocycles. The van der Waals surface area contributed by atoms with Crippen molar-refractivity contribution in [2.45, 2.75) is 26.0 Å². The molecule has 0 aliphatic carbocycles. The van der Waals surface area contributed by atoms with Crippen LogP contribution in [-0.4, -0.2) is 44.9 Å². The van der Waals surface area contributed by atoms with Gasteiger partial charge >= 0.3 is 0 Å². The van der Waals surface area contributed by atoms with Crippen LogP contribution in [0.25, 0.3) is 0 Å². The van der Waals surface area contributed by atoms with Gasteiger partial charge in [-0.15, -0.1) is 0 Å². The third-order valence-corrected chi connectivity index (χ3v) is 3.13. The van der Waals surface area contributed by atoms with E-state index in [1.165, 1.54) is 5.56 Å². The summed E-state index contributed by atoms with van der Waals surface area (Å²) in [6.07, 6.45) is 0.265. The number of benzene rings is 1. The number of nitrogens with two attached hydrogens (primary N) is 1. The van der Waals surface area contributed by atoms with Crippen LogP contribution in [0.4, 0.5) is 0 Å². The summed E-state index contributed by atoms with van der Waals surface area (Å²) in [6.45, 7) is 6.24. The third kappa shape index (κ3) is 5.19.